The number of hydrogen-bond acceptors (Lipinski definition) is 6. The van der Waals surface area contributed by atoms with Crippen LogP contribution in [0.15, 0.2) is 87.2 Å². The SMILES string of the molecule is COc1ccccc1NC(=O)CSc1nc2c(oc3ccccc32)c(=O)n1Cc1ccc(C)cc1. The highest BCUT2D eigenvalue weighted by atomic mass is 32.2. The van der Waals surface area contributed by atoms with E-state index in [9.17, 15) is 9.59 Å². The number of amides is 1. The number of aryl methyl sites for hydroxylation is 1. The number of furan rings is 1. The number of hydrogen-bond donors (Lipinski definition) is 1. The molecule has 2 heterocycles. The van der Waals surface area contributed by atoms with Gasteiger partial charge in [0, 0.05) is 5.39 Å². The molecule has 5 aromatic rings. The minimum absolute atomic E-state index is 0.0691. The Morgan fingerprint density at radius 2 is 1.80 bits per heavy atom. The average molecular weight is 486 g/mol. The third kappa shape index (κ3) is 4.65. The van der Waals surface area contributed by atoms with Crippen LogP contribution in [0.2, 0.25) is 0 Å². The summed E-state index contributed by atoms with van der Waals surface area (Å²) in [6.07, 6.45) is 0. The maximum Gasteiger partial charge on any atom is 0.298 e. The predicted molar refractivity (Wildman–Crippen MR) is 138 cm³/mol. The number of nitrogens with zero attached hydrogens (tertiary/aromatic N) is 2. The molecular formula is C27H23N3O4S. The van der Waals surface area contributed by atoms with Crippen LogP contribution < -0.4 is 15.6 Å². The number of benzene rings is 3. The van der Waals surface area contributed by atoms with Crippen molar-refractivity contribution in [1.29, 1.82) is 0 Å². The zero-order chi connectivity index (χ0) is 24.4. The first kappa shape index (κ1) is 22.7. The molecule has 0 spiro atoms. The lowest BCUT2D eigenvalue weighted by atomic mass is 10.1. The van der Waals surface area contributed by atoms with Gasteiger partial charge < -0.3 is 14.5 Å². The van der Waals surface area contributed by atoms with Crippen LogP contribution in [-0.2, 0) is 11.3 Å². The quantitative estimate of drug-likeness (QED) is 0.251. The number of thioether (sulfide) groups is 1. The van der Waals surface area contributed by atoms with E-state index in [0.717, 1.165) is 16.5 Å². The van der Waals surface area contributed by atoms with Crippen LogP contribution >= 0.6 is 11.8 Å². The average Bonchev–Trinajstić information content (AvgIpc) is 3.25. The highest BCUT2D eigenvalue weighted by Gasteiger charge is 2.19. The Labute approximate surface area is 205 Å². The van der Waals surface area contributed by atoms with E-state index in [0.29, 0.717) is 34.2 Å². The van der Waals surface area contributed by atoms with Gasteiger partial charge in [-0.15, -0.1) is 0 Å². The van der Waals surface area contributed by atoms with E-state index in [-0.39, 0.29) is 22.8 Å². The number of rotatable bonds is 7. The van der Waals surface area contributed by atoms with E-state index < -0.39 is 0 Å². The van der Waals surface area contributed by atoms with Crippen molar-refractivity contribution in [2.24, 2.45) is 0 Å². The molecule has 8 heteroatoms. The summed E-state index contributed by atoms with van der Waals surface area (Å²) in [5, 5.41) is 4.08. The maximum absolute atomic E-state index is 13.5. The molecule has 7 nitrogen and oxygen atoms in total. The fourth-order valence-electron chi connectivity index (χ4n) is 3.84. The van der Waals surface area contributed by atoms with Crippen molar-refractivity contribution in [1.82, 2.24) is 9.55 Å². The van der Waals surface area contributed by atoms with Crippen molar-refractivity contribution in [2.75, 3.05) is 18.2 Å². The monoisotopic (exact) mass is 485 g/mol. The Balaban J connectivity index is 1.50. The minimum Gasteiger partial charge on any atom is -0.495 e. The second-order valence-corrected chi connectivity index (χ2v) is 9.03. The first-order valence-corrected chi connectivity index (χ1v) is 12.1. The first-order chi connectivity index (χ1) is 17.0. The topological polar surface area (TPSA) is 86.4 Å². The van der Waals surface area contributed by atoms with Gasteiger partial charge in [0.15, 0.2) is 5.16 Å². The third-order valence-electron chi connectivity index (χ3n) is 5.62. The molecule has 0 unspecified atom stereocenters. The summed E-state index contributed by atoms with van der Waals surface area (Å²) in [7, 11) is 1.55. The fourth-order valence-corrected chi connectivity index (χ4v) is 4.63. The molecule has 0 aliphatic rings. The van der Waals surface area contributed by atoms with E-state index in [4.69, 9.17) is 14.1 Å². The summed E-state index contributed by atoms with van der Waals surface area (Å²) < 4.78 is 12.7. The van der Waals surface area contributed by atoms with Gasteiger partial charge in [0.05, 0.1) is 25.1 Å². The van der Waals surface area contributed by atoms with Crippen molar-refractivity contribution in [2.45, 2.75) is 18.6 Å². The fraction of sp³-hybridized carbons (Fsp3) is 0.148. The molecule has 1 N–H and O–H groups in total. The predicted octanol–water partition coefficient (Wildman–Crippen LogP) is 5.24. The highest BCUT2D eigenvalue weighted by Crippen LogP contribution is 2.28. The smallest absolute Gasteiger partial charge is 0.298 e. The molecule has 2 aromatic heterocycles. The van der Waals surface area contributed by atoms with E-state index in [1.165, 1.54) is 11.8 Å². The van der Waals surface area contributed by atoms with E-state index in [1.54, 1.807) is 23.8 Å². The molecule has 3 aromatic carbocycles. The summed E-state index contributed by atoms with van der Waals surface area (Å²) in [6, 6.07) is 22.6. The highest BCUT2D eigenvalue weighted by molar-refractivity contribution is 7.99. The summed E-state index contributed by atoms with van der Waals surface area (Å²) in [5.74, 6) is 0.416. The molecule has 0 radical (unpaired) electrons. The van der Waals surface area contributed by atoms with Crippen molar-refractivity contribution in [3.05, 3.63) is 94.3 Å². The van der Waals surface area contributed by atoms with Gasteiger partial charge in [-0.1, -0.05) is 65.9 Å². The summed E-state index contributed by atoms with van der Waals surface area (Å²) in [6.45, 7) is 2.33. The van der Waals surface area contributed by atoms with Gasteiger partial charge >= 0.3 is 0 Å². The van der Waals surface area contributed by atoms with Crippen LogP contribution in [-0.4, -0.2) is 28.3 Å². The van der Waals surface area contributed by atoms with Crippen LogP contribution in [0.5, 0.6) is 5.75 Å². The normalized spacial score (nSPS) is 11.1. The summed E-state index contributed by atoms with van der Waals surface area (Å²) in [4.78, 5) is 31.0. The number of anilines is 1. The number of para-hydroxylation sites is 3. The van der Waals surface area contributed by atoms with Gasteiger partial charge in [-0.2, -0.15) is 0 Å². The molecule has 0 saturated carbocycles. The Hall–Kier alpha value is -4.04. The number of fused-ring (bicyclic) bond motifs is 3. The van der Waals surface area contributed by atoms with Crippen LogP contribution in [0.25, 0.3) is 22.1 Å². The number of ether oxygens (including phenoxy) is 1. The summed E-state index contributed by atoms with van der Waals surface area (Å²) in [5.41, 5.74) is 3.70. The van der Waals surface area contributed by atoms with Crippen LogP contribution in [0.3, 0.4) is 0 Å². The van der Waals surface area contributed by atoms with Crippen molar-refractivity contribution < 1.29 is 13.9 Å². The van der Waals surface area contributed by atoms with E-state index in [2.05, 4.69) is 5.32 Å². The van der Waals surface area contributed by atoms with Gasteiger partial charge in [0.25, 0.3) is 5.56 Å². The second-order valence-electron chi connectivity index (χ2n) is 8.08. The van der Waals surface area contributed by atoms with E-state index >= 15 is 0 Å². The molecule has 0 fully saturated rings. The minimum atomic E-state index is -0.278. The molecule has 5 rings (SSSR count). The van der Waals surface area contributed by atoms with Crippen LogP contribution in [0.1, 0.15) is 11.1 Å². The van der Waals surface area contributed by atoms with E-state index in [1.807, 2.05) is 67.6 Å². The molecule has 0 aliphatic carbocycles. The van der Waals surface area contributed by atoms with Gasteiger partial charge in [-0.05, 0) is 36.8 Å². The van der Waals surface area contributed by atoms with Gasteiger partial charge in [0.2, 0.25) is 11.5 Å². The number of methoxy groups -OCH3 is 1. The molecule has 0 bridgehead atoms. The molecule has 0 atom stereocenters. The number of aromatic nitrogens is 2. The largest absolute Gasteiger partial charge is 0.495 e. The number of nitrogens with one attached hydrogen (secondary N) is 1. The van der Waals surface area contributed by atoms with Crippen molar-refractivity contribution in [3.63, 3.8) is 0 Å². The molecule has 0 aliphatic heterocycles. The molecule has 0 saturated heterocycles. The zero-order valence-electron chi connectivity index (χ0n) is 19.3. The van der Waals surface area contributed by atoms with Crippen molar-refractivity contribution in [3.8, 4) is 5.75 Å². The third-order valence-corrected chi connectivity index (χ3v) is 6.60. The van der Waals surface area contributed by atoms with Crippen LogP contribution in [0, 0.1) is 6.92 Å². The lowest BCUT2D eigenvalue weighted by molar-refractivity contribution is -0.113. The first-order valence-electron chi connectivity index (χ1n) is 11.1. The molecular weight excluding hydrogens is 462 g/mol. The Morgan fingerprint density at radius 1 is 1.06 bits per heavy atom. The van der Waals surface area contributed by atoms with Gasteiger partial charge in [-0.25, -0.2) is 4.98 Å². The van der Waals surface area contributed by atoms with Crippen LogP contribution in [0.4, 0.5) is 5.69 Å². The number of carbonyl (C=O) groups excluding carboxylic acids is 1. The summed E-state index contributed by atoms with van der Waals surface area (Å²) >= 11 is 1.21. The number of carbonyl (C=O) groups is 1. The maximum atomic E-state index is 13.5. The van der Waals surface area contributed by atoms with Gasteiger partial charge in [0.1, 0.15) is 16.8 Å². The standard InChI is InChI=1S/C27H23N3O4S/c1-17-11-13-18(14-12-17)15-30-26(32)25-24(19-7-3-5-9-21(19)34-25)29-27(30)35-16-23(31)28-20-8-4-6-10-22(20)33-2/h3-14H,15-16H2,1-2H3,(H,28,31). The zero-order valence-corrected chi connectivity index (χ0v) is 20.1. The Morgan fingerprint density at radius 3 is 2.60 bits per heavy atom. The Bertz CT molecular complexity index is 1590. The molecule has 1 amide bonds. The Kier molecular flexibility index (Phi) is 6.29. The lowest BCUT2D eigenvalue weighted by Gasteiger charge is -2.13. The van der Waals surface area contributed by atoms with Crippen molar-refractivity contribution >= 4 is 45.4 Å². The molecule has 35 heavy (non-hydrogen) atoms. The lowest BCUT2D eigenvalue weighted by Crippen LogP contribution is -2.24. The second kappa shape index (κ2) is 9.68. The molecule has 176 valence electrons. The van der Waals surface area contributed by atoms with Gasteiger partial charge in [-0.3, -0.25) is 14.2 Å².